The molecule has 0 amide bonds. The number of aliphatic hydroxyl groups excluding tert-OH is 1. The van der Waals surface area contributed by atoms with Gasteiger partial charge in [0, 0.05) is 0 Å². The predicted molar refractivity (Wildman–Crippen MR) is 80.2 cm³/mol. The molecular weight excluding hydrogens is 240 g/mol. The van der Waals surface area contributed by atoms with Crippen molar-refractivity contribution in [3.63, 3.8) is 0 Å². The van der Waals surface area contributed by atoms with Gasteiger partial charge in [-0.2, -0.15) is 0 Å². The minimum atomic E-state index is -1.74. The van der Waals surface area contributed by atoms with Crippen LogP contribution in [0.3, 0.4) is 0 Å². The molecule has 0 heterocycles. The van der Waals surface area contributed by atoms with Gasteiger partial charge in [-0.25, -0.2) is 0 Å². The van der Waals surface area contributed by atoms with E-state index in [4.69, 9.17) is 9.53 Å². The molecule has 104 valence electrons. The molecule has 1 aliphatic carbocycles. The van der Waals surface area contributed by atoms with E-state index >= 15 is 0 Å². The fourth-order valence-electron chi connectivity index (χ4n) is 2.03. The summed E-state index contributed by atoms with van der Waals surface area (Å²) in [6.45, 7) is 15.6. The Morgan fingerprint density at radius 1 is 1.44 bits per heavy atom. The molecule has 2 nitrogen and oxygen atoms in total. The normalized spacial score (nSPS) is 24.7. The van der Waals surface area contributed by atoms with Crippen LogP contribution in [0.4, 0.5) is 0 Å². The van der Waals surface area contributed by atoms with E-state index < -0.39 is 8.32 Å². The number of rotatable bonds is 3. The maximum Gasteiger partial charge on any atom is 0.192 e. The van der Waals surface area contributed by atoms with Crippen LogP contribution >= 0.6 is 0 Å². The highest BCUT2D eigenvalue weighted by Gasteiger charge is 2.40. The second-order valence-corrected chi connectivity index (χ2v) is 11.5. The molecule has 0 aliphatic heterocycles. The van der Waals surface area contributed by atoms with Gasteiger partial charge in [0.2, 0.25) is 0 Å². The van der Waals surface area contributed by atoms with E-state index in [2.05, 4.69) is 40.4 Å². The van der Waals surface area contributed by atoms with Crippen LogP contribution in [-0.2, 0) is 4.43 Å². The topological polar surface area (TPSA) is 29.5 Å². The van der Waals surface area contributed by atoms with Crippen LogP contribution in [0.1, 0.15) is 40.0 Å². The Morgan fingerprint density at radius 2 is 2.06 bits per heavy atom. The maximum atomic E-state index is 9.03. The molecule has 0 aromatic carbocycles. The SMILES string of the molecule is C=C1/C(=C\CO)CCC[C@@H]1O[Si](C)(C)C(C)(C)C. The highest BCUT2D eigenvalue weighted by molar-refractivity contribution is 6.74. The first kappa shape index (κ1) is 15.7. The maximum absolute atomic E-state index is 9.03. The largest absolute Gasteiger partial charge is 0.410 e. The highest BCUT2D eigenvalue weighted by atomic mass is 28.4. The van der Waals surface area contributed by atoms with E-state index in [1.54, 1.807) is 0 Å². The second-order valence-electron chi connectivity index (χ2n) is 6.70. The Bertz CT molecular complexity index is 337. The summed E-state index contributed by atoms with van der Waals surface area (Å²) in [5.74, 6) is 0. The second kappa shape index (κ2) is 5.72. The van der Waals surface area contributed by atoms with E-state index in [-0.39, 0.29) is 17.7 Å². The molecule has 0 radical (unpaired) electrons. The monoisotopic (exact) mass is 268 g/mol. The van der Waals surface area contributed by atoms with Gasteiger partial charge in [-0.15, -0.1) is 0 Å². The lowest BCUT2D eigenvalue weighted by Crippen LogP contribution is -2.45. The van der Waals surface area contributed by atoms with Gasteiger partial charge in [-0.3, -0.25) is 0 Å². The lowest BCUT2D eigenvalue weighted by molar-refractivity contribution is 0.194. The molecule has 18 heavy (non-hydrogen) atoms. The van der Waals surface area contributed by atoms with Crippen LogP contribution < -0.4 is 0 Å². The van der Waals surface area contributed by atoms with E-state index in [1.165, 1.54) is 5.57 Å². The Balaban J connectivity index is 2.79. The Hall–Kier alpha value is -0.383. The quantitative estimate of drug-likeness (QED) is 0.783. The molecule has 1 saturated carbocycles. The summed E-state index contributed by atoms with van der Waals surface area (Å²) in [5.41, 5.74) is 2.27. The third kappa shape index (κ3) is 3.56. The van der Waals surface area contributed by atoms with Crippen molar-refractivity contribution in [1.82, 2.24) is 0 Å². The minimum Gasteiger partial charge on any atom is -0.410 e. The van der Waals surface area contributed by atoms with Crippen molar-refractivity contribution in [2.75, 3.05) is 6.61 Å². The van der Waals surface area contributed by atoms with Crippen molar-refractivity contribution >= 4 is 8.32 Å². The number of hydrogen-bond acceptors (Lipinski definition) is 2. The highest BCUT2D eigenvalue weighted by Crippen LogP contribution is 2.40. The van der Waals surface area contributed by atoms with Crippen LogP contribution in [0.25, 0.3) is 0 Å². The van der Waals surface area contributed by atoms with Crippen LogP contribution in [0.5, 0.6) is 0 Å². The van der Waals surface area contributed by atoms with Crippen molar-refractivity contribution in [2.24, 2.45) is 0 Å². The van der Waals surface area contributed by atoms with Gasteiger partial charge < -0.3 is 9.53 Å². The predicted octanol–water partition coefficient (Wildman–Crippen LogP) is 4.04. The fourth-order valence-corrected chi connectivity index (χ4v) is 3.35. The molecule has 0 unspecified atom stereocenters. The molecule has 1 aliphatic rings. The molecule has 0 saturated heterocycles. The van der Waals surface area contributed by atoms with Gasteiger partial charge in [0.05, 0.1) is 12.7 Å². The molecule has 0 bridgehead atoms. The minimum absolute atomic E-state index is 0.0984. The van der Waals surface area contributed by atoms with Crippen molar-refractivity contribution in [2.45, 2.75) is 64.3 Å². The lowest BCUT2D eigenvalue weighted by atomic mass is 9.88. The van der Waals surface area contributed by atoms with Gasteiger partial charge >= 0.3 is 0 Å². The standard InChI is InChI=1S/C15H28O2Si/c1-12-13(10-11-16)8-7-9-14(12)17-18(5,6)15(2,3)4/h10,14,16H,1,7-9,11H2,2-6H3/b13-10-/t14-/m0/s1. The lowest BCUT2D eigenvalue weighted by Gasteiger charge is -2.41. The average Bonchev–Trinajstić information content (AvgIpc) is 2.22. The van der Waals surface area contributed by atoms with Crippen molar-refractivity contribution in [1.29, 1.82) is 0 Å². The summed E-state index contributed by atoms with van der Waals surface area (Å²) in [7, 11) is -1.74. The van der Waals surface area contributed by atoms with E-state index in [9.17, 15) is 0 Å². The fraction of sp³-hybridized carbons (Fsp3) is 0.733. The van der Waals surface area contributed by atoms with Crippen LogP contribution in [0.15, 0.2) is 23.8 Å². The molecule has 0 aromatic rings. The van der Waals surface area contributed by atoms with Gasteiger partial charge in [-0.1, -0.05) is 33.4 Å². The van der Waals surface area contributed by atoms with E-state index in [0.717, 1.165) is 24.8 Å². The molecule has 1 rings (SSSR count). The molecule has 0 spiro atoms. The zero-order valence-corrected chi connectivity index (χ0v) is 13.5. The first-order valence-corrected chi connectivity index (χ1v) is 9.77. The Morgan fingerprint density at radius 3 is 2.56 bits per heavy atom. The zero-order chi connectivity index (χ0) is 14.0. The van der Waals surface area contributed by atoms with Crippen molar-refractivity contribution < 1.29 is 9.53 Å². The Labute approximate surface area is 113 Å². The summed E-state index contributed by atoms with van der Waals surface area (Å²) in [5, 5.41) is 9.26. The van der Waals surface area contributed by atoms with Crippen LogP contribution in [0.2, 0.25) is 18.1 Å². The van der Waals surface area contributed by atoms with Crippen LogP contribution in [-0.4, -0.2) is 26.1 Å². The first-order valence-electron chi connectivity index (χ1n) is 6.86. The Kier molecular flexibility index (Phi) is 4.98. The molecule has 3 heteroatoms. The van der Waals surface area contributed by atoms with Crippen LogP contribution in [0, 0.1) is 0 Å². The first-order chi connectivity index (χ1) is 8.19. The van der Waals surface area contributed by atoms with Crippen molar-refractivity contribution in [3.05, 3.63) is 23.8 Å². The summed E-state index contributed by atoms with van der Waals surface area (Å²) in [6, 6.07) is 0. The van der Waals surface area contributed by atoms with Gasteiger partial charge in [0.15, 0.2) is 8.32 Å². The van der Waals surface area contributed by atoms with Gasteiger partial charge in [0.1, 0.15) is 0 Å². The van der Waals surface area contributed by atoms with E-state index in [0.29, 0.717) is 0 Å². The molecular formula is C15H28O2Si. The zero-order valence-electron chi connectivity index (χ0n) is 12.5. The summed E-state index contributed by atoms with van der Waals surface area (Å²) in [6.07, 6.45) is 5.25. The average molecular weight is 268 g/mol. The van der Waals surface area contributed by atoms with Gasteiger partial charge in [0.25, 0.3) is 0 Å². The molecule has 1 N–H and O–H groups in total. The van der Waals surface area contributed by atoms with E-state index in [1.807, 2.05) is 6.08 Å². The molecule has 1 atom stereocenters. The number of hydrogen-bond donors (Lipinski definition) is 1. The third-order valence-corrected chi connectivity index (χ3v) is 8.78. The summed E-state index contributed by atoms with van der Waals surface area (Å²) >= 11 is 0. The molecule has 1 fully saturated rings. The van der Waals surface area contributed by atoms with Crippen molar-refractivity contribution in [3.8, 4) is 0 Å². The third-order valence-electron chi connectivity index (χ3n) is 4.29. The van der Waals surface area contributed by atoms with Gasteiger partial charge in [-0.05, 0) is 48.5 Å². The molecule has 0 aromatic heterocycles. The number of aliphatic hydroxyl groups is 1. The smallest absolute Gasteiger partial charge is 0.192 e. The summed E-state index contributed by atoms with van der Waals surface area (Å²) in [4.78, 5) is 0. The summed E-state index contributed by atoms with van der Waals surface area (Å²) < 4.78 is 6.45.